The molecule has 1 unspecified atom stereocenters. The summed E-state index contributed by atoms with van der Waals surface area (Å²) in [7, 11) is 1.69. The standard InChI is InChI=1S/C18H21N3O/c1-22-17-9-5-6-14(12-17)18-13-15(10-11-19)20-21(18)16-7-3-2-4-8-16/h2-9,12,18H,10-11,13,19H2,1H3. The third-order valence-corrected chi connectivity index (χ3v) is 3.91. The van der Waals surface area contributed by atoms with Crippen molar-refractivity contribution in [2.75, 3.05) is 18.7 Å². The molecule has 0 fully saturated rings. The third kappa shape index (κ3) is 2.97. The zero-order valence-corrected chi connectivity index (χ0v) is 12.8. The molecule has 114 valence electrons. The Balaban J connectivity index is 1.94. The second-order valence-electron chi connectivity index (χ2n) is 5.38. The highest BCUT2D eigenvalue weighted by Gasteiger charge is 2.28. The van der Waals surface area contributed by atoms with E-state index in [0.717, 1.165) is 30.0 Å². The van der Waals surface area contributed by atoms with Crippen molar-refractivity contribution in [2.24, 2.45) is 10.8 Å². The summed E-state index contributed by atoms with van der Waals surface area (Å²) in [5.74, 6) is 0.873. The van der Waals surface area contributed by atoms with Gasteiger partial charge in [-0.15, -0.1) is 0 Å². The number of ether oxygens (including phenoxy) is 1. The maximum absolute atomic E-state index is 5.70. The topological polar surface area (TPSA) is 50.9 Å². The Bertz CT molecular complexity index is 654. The summed E-state index contributed by atoms with van der Waals surface area (Å²) >= 11 is 0. The van der Waals surface area contributed by atoms with Crippen molar-refractivity contribution in [3.8, 4) is 5.75 Å². The van der Waals surface area contributed by atoms with E-state index in [1.54, 1.807) is 7.11 Å². The number of rotatable bonds is 5. The van der Waals surface area contributed by atoms with E-state index in [2.05, 4.69) is 29.3 Å². The molecule has 1 aliphatic rings. The fourth-order valence-corrected chi connectivity index (χ4v) is 2.82. The van der Waals surface area contributed by atoms with Gasteiger partial charge in [0.2, 0.25) is 0 Å². The van der Waals surface area contributed by atoms with Gasteiger partial charge in [-0.05, 0) is 42.8 Å². The number of nitrogens with two attached hydrogens (primary N) is 1. The van der Waals surface area contributed by atoms with Crippen molar-refractivity contribution in [1.82, 2.24) is 0 Å². The van der Waals surface area contributed by atoms with E-state index in [9.17, 15) is 0 Å². The number of hydrogen-bond donors (Lipinski definition) is 1. The molecule has 0 radical (unpaired) electrons. The fourth-order valence-electron chi connectivity index (χ4n) is 2.82. The Morgan fingerprint density at radius 1 is 1.18 bits per heavy atom. The van der Waals surface area contributed by atoms with Gasteiger partial charge in [-0.25, -0.2) is 0 Å². The molecule has 0 saturated carbocycles. The van der Waals surface area contributed by atoms with Gasteiger partial charge in [0.1, 0.15) is 5.75 Å². The number of benzene rings is 2. The molecular weight excluding hydrogens is 274 g/mol. The molecule has 22 heavy (non-hydrogen) atoms. The molecular formula is C18H21N3O. The van der Waals surface area contributed by atoms with Crippen LogP contribution in [-0.2, 0) is 0 Å². The van der Waals surface area contributed by atoms with Crippen LogP contribution in [0.4, 0.5) is 5.69 Å². The highest BCUT2D eigenvalue weighted by molar-refractivity contribution is 5.89. The average molecular weight is 295 g/mol. The Morgan fingerprint density at radius 2 is 2.00 bits per heavy atom. The molecule has 2 N–H and O–H groups in total. The highest BCUT2D eigenvalue weighted by Crippen LogP contribution is 2.36. The summed E-state index contributed by atoms with van der Waals surface area (Å²) in [6.45, 7) is 0.631. The first-order valence-electron chi connectivity index (χ1n) is 7.56. The molecule has 0 aromatic heterocycles. The van der Waals surface area contributed by atoms with Gasteiger partial charge in [0, 0.05) is 12.1 Å². The maximum atomic E-state index is 5.70. The SMILES string of the molecule is COc1cccc(C2CC(CCN)=NN2c2ccccc2)c1. The van der Waals surface area contributed by atoms with Crippen molar-refractivity contribution in [1.29, 1.82) is 0 Å². The van der Waals surface area contributed by atoms with Gasteiger partial charge in [0.05, 0.1) is 18.8 Å². The summed E-state index contributed by atoms with van der Waals surface area (Å²) < 4.78 is 5.35. The van der Waals surface area contributed by atoms with Crippen molar-refractivity contribution in [3.63, 3.8) is 0 Å². The van der Waals surface area contributed by atoms with Crippen molar-refractivity contribution < 1.29 is 4.74 Å². The first-order valence-corrected chi connectivity index (χ1v) is 7.56. The number of para-hydroxylation sites is 1. The molecule has 4 nitrogen and oxygen atoms in total. The van der Waals surface area contributed by atoms with Gasteiger partial charge in [0.25, 0.3) is 0 Å². The number of methoxy groups -OCH3 is 1. The minimum Gasteiger partial charge on any atom is -0.497 e. The normalized spacial score (nSPS) is 17.5. The van der Waals surface area contributed by atoms with Crippen molar-refractivity contribution in [2.45, 2.75) is 18.9 Å². The number of anilines is 1. The Kier molecular flexibility index (Phi) is 4.39. The van der Waals surface area contributed by atoms with Crippen LogP contribution in [0.25, 0.3) is 0 Å². The zero-order chi connectivity index (χ0) is 15.4. The summed E-state index contributed by atoms with van der Waals surface area (Å²) in [5.41, 5.74) is 9.16. The van der Waals surface area contributed by atoms with E-state index in [4.69, 9.17) is 15.6 Å². The van der Waals surface area contributed by atoms with E-state index >= 15 is 0 Å². The van der Waals surface area contributed by atoms with E-state index in [0.29, 0.717) is 6.54 Å². The van der Waals surface area contributed by atoms with E-state index in [-0.39, 0.29) is 6.04 Å². The predicted molar refractivity (Wildman–Crippen MR) is 90.4 cm³/mol. The lowest BCUT2D eigenvalue weighted by Crippen LogP contribution is -2.18. The predicted octanol–water partition coefficient (Wildman–Crippen LogP) is 3.35. The van der Waals surface area contributed by atoms with Crippen LogP contribution in [0, 0.1) is 0 Å². The van der Waals surface area contributed by atoms with Crippen LogP contribution in [0.1, 0.15) is 24.4 Å². The van der Waals surface area contributed by atoms with Crippen LogP contribution in [0.5, 0.6) is 5.75 Å². The minimum absolute atomic E-state index is 0.194. The van der Waals surface area contributed by atoms with Crippen LogP contribution < -0.4 is 15.5 Å². The van der Waals surface area contributed by atoms with Gasteiger partial charge in [-0.2, -0.15) is 5.10 Å². The third-order valence-electron chi connectivity index (χ3n) is 3.91. The smallest absolute Gasteiger partial charge is 0.119 e. The second-order valence-corrected chi connectivity index (χ2v) is 5.38. The van der Waals surface area contributed by atoms with E-state index < -0.39 is 0 Å². The summed E-state index contributed by atoms with van der Waals surface area (Å²) in [6, 6.07) is 18.7. The molecule has 1 heterocycles. The summed E-state index contributed by atoms with van der Waals surface area (Å²) in [4.78, 5) is 0. The fraction of sp³-hybridized carbons (Fsp3) is 0.278. The molecule has 1 atom stereocenters. The first kappa shape index (κ1) is 14.6. The van der Waals surface area contributed by atoms with Gasteiger partial charge >= 0.3 is 0 Å². The van der Waals surface area contributed by atoms with Crippen LogP contribution in [0.2, 0.25) is 0 Å². The van der Waals surface area contributed by atoms with Gasteiger partial charge in [-0.3, -0.25) is 5.01 Å². The summed E-state index contributed by atoms with van der Waals surface area (Å²) in [6.07, 6.45) is 1.74. The quantitative estimate of drug-likeness (QED) is 0.920. The molecule has 0 saturated heterocycles. The van der Waals surface area contributed by atoms with Crippen LogP contribution in [-0.4, -0.2) is 19.4 Å². The van der Waals surface area contributed by atoms with E-state index in [1.165, 1.54) is 5.56 Å². The van der Waals surface area contributed by atoms with Gasteiger partial charge < -0.3 is 10.5 Å². The van der Waals surface area contributed by atoms with Crippen LogP contribution >= 0.6 is 0 Å². The van der Waals surface area contributed by atoms with E-state index in [1.807, 2.05) is 30.3 Å². The Morgan fingerprint density at radius 3 is 2.73 bits per heavy atom. The molecule has 0 spiro atoms. The van der Waals surface area contributed by atoms with Crippen LogP contribution in [0.15, 0.2) is 59.7 Å². The first-order chi connectivity index (χ1) is 10.8. The molecule has 3 rings (SSSR count). The number of hydrazone groups is 1. The average Bonchev–Trinajstić information content (AvgIpc) is 3.00. The Labute approximate surface area is 131 Å². The molecule has 0 aliphatic carbocycles. The lowest BCUT2D eigenvalue weighted by Gasteiger charge is -2.24. The van der Waals surface area contributed by atoms with Crippen molar-refractivity contribution in [3.05, 3.63) is 60.2 Å². The summed E-state index contributed by atoms with van der Waals surface area (Å²) in [5, 5.41) is 6.89. The number of nitrogens with zero attached hydrogens (tertiary/aromatic N) is 2. The van der Waals surface area contributed by atoms with Gasteiger partial charge in [-0.1, -0.05) is 30.3 Å². The largest absolute Gasteiger partial charge is 0.497 e. The van der Waals surface area contributed by atoms with Crippen molar-refractivity contribution >= 4 is 11.4 Å². The molecule has 2 aromatic rings. The number of hydrogen-bond acceptors (Lipinski definition) is 4. The van der Waals surface area contributed by atoms with Gasteiger partial charge in [0.15, 0.2) is 0 Å². The molecule has 1 aliphatic heterocycles. The molecule has 0 bridgehead atoms. The second kappa shape index (κ2) is 6.62. The lowest BCUT2D eigenvalue weighted by molar-refractivity contribution is 0.414. The maximum Gasteiger partial charge on any atom is 0.119 e. The highest BCUT2D eigenvalue weighted by atomic mass is 16.5. The molecule has 2 aromatic carbocycles. The lowest BCUT2D eigenvalue weighted by atomic mass is 10.00. The monoisotopic (exact) mass is 295 g/mol. The Hall–Kier alpha value is -2.33. The minimum atomic E-state index is 0.194. The molecule has 4 heteroatoms. The van der Waals surface area contributed by atoms with Crippen LogP contribution in [0.3, 0.4) is 0 Å². The molecule has 0 amide bonds. The zero-order valence-electron chi connectivity index (χ0n) is 12.8.